The first-order valence-electron chi connectivity index (χ1n) is 7.83. The molecule has 0 saturated carbocycles. The van der Waals surface area contributed by atoms with Gasteiger partial charge in [0.2, 0.25) is 0 Å². The second-order valence-electron chi connectivity index (χ2n) is 6.91. The van der Waals surface area contributed by atoms with Crippen LogP contribution in [0, 0.1) is 0 Å². The van der Waals surface area contributed by atoms with Gasteiger partial charge in [-0.3, -0.25) is 0 Å². The third-order valence-corrected chi connectivity index (χ3v) is 3.67. The molecule has 0 radical (unpaired) electrons. The Kier molecular flexibility index (Phi) is 7.12. The Morgan fingerprint density at radius 1 is 0.818 bits per heavy atom. The van der Waals surface area contributed by atoms with Crippen molar-refractivity contribution in [2.24, 2.45) is 0 Å². The van der Waals surface area contributed by atoms with E-state index in [1.54, 1.807) is 0 Å². The normalized spacial score (nSPS) is 12.8. The molecule has 0 aliphatic heterocycles. The Balaban J connectivity index is 0.00000242. The lowest BCUT2D eigenvalue weighted by atomic mass is 9.86. The van der Waals surface area contributed by atoms with Crippen LogP contribution in [-0.4, -0.2) is 11.6 Å². The molecule has 0 aromatic heterocycles. The molecule has 2 heteroatoms. The summed E-state index contributed by atoms with van der Waals surface area (Å²) in [5, 5.41) is 3.69. The molecule has 120 valence electrons. The van der Waals surface area contributed by atoms with E-state index >= 15 is 0 Å². The summed E-state index contributed by atoms with van der Waals surface area (Å²) in [6, 6.07) is 22.1. The van der Waals surface area contributed by atoms with Gasteiger partial charge in [-0.05, 0) is 45.2 Å². The fourth-order valence-corrected chi connectivity index (χ4v) is 2.99. The molecule has 0 bridgehead atoms. The lowest BCUT2D eigenvalue weighted by Gasteiger charge is -2.29. The Labute approximate surface area is 141 Å². The highest BCUT2D eigenvalue weighted by Crippen LogP contribution is 2.29. The SMILES string of the molecule is C[C@H](CC(c1ccccc1)c1ccccc1)NC(C)(C)C.Cl. The van der Waals surface area contributed by atoms with Crippen LogP contribution in [-0.2, 0) is 0 Å². The minimum Gasteiger partial charge on any atom is -0.310 e. The van der Waals surface area contributed by atoms with Crippen molar-refractivity contribution in [3.63, 3.8) is 0 Å². The van der Waals surface area contributed by atoms with Gasteiger partial charge in [-0.1, -0.05) is 60.7 Å². The number of rotatable bonds is 5. The summed E-state index contributed by atoms with van der Waals surface area (Å²) < 4.78 is 0. The quantitative estimate of drug-likeness (QED) is 0.777. The van der Waals surface area contributed by atoms with Gasteiger partial charge in [0.25, 0.3) is 0 Å². The van der Waals surface area contributed by atoms with Gasteiger partial charge in [0.15, 0.2) is 0 Å². The van der Waals surface area contributed by atoms with Crippen molar-refractivity contribution in [2.45, 2.75) is 51.6 Å². The molecule has 0 unspecified atom stereocenters. The first kappa shape index (κ1) is 18.7. The number of hydrogen-bond acceptors (Lipinski definition) is 1. The van der Waals surface area contributed by atoms with Crippen molar-refractivity contribution >= 4 is 12.4 Å². The molecule has 2 rings (SSSR count). The molecule has 22 heavy (non-hydrogen) atoms. The van der Waals surface area contributed by atoms with Gasteiger partial charge in [0.05, 0.1) is 0 Å². The maximum Gasteiger partial charge on any atom is 0.0104 e. The van der Waals surface area contributed by atoms with Crippen molar-refractivity contribution < 1.29 is 0 Å². The van der Waals surface area contributed by atoms with E-state index in [1.165, 1.54) is 11.1 Å². The molecule has 2 aromatic carbocycles. The minimum atomic E-state index is 0. The third kappa shape index (κ3) is 5.82. The molecule has 1 N–H and O–H groups in total. The predicted octanol–water partition coefficient (Wildman–Crippen LogP) is 5.41. The zero-order valence-corrected chi connectivity index (χ0v) is 14.9. The number of benzene rings is 2. The van der Waals surface area contributed by atoms with E-state index in [0.717, 1.165) is 6.42 Å². The second-order valence-corrected chi connectivity index (χ2v) is 6.91. The minimum absolute atomic E-state index is 0. The number of hydrogen-bond donors (Lipinski definition) is 1. The zero-order valence-electron chi connectivity index (χ0n) is 14.0. The van der Waals surface area contributed by atoms with Crippen LogP contribution in [0.4, 0.5) is 0 Å². The fourth-order valence-electron chi connectivity index (χ4n) is 2.99. The average Bonchev–Trinajstić information content (AvgIpc) is 2.45. The van der Waals surface area contributed by atoms with Crippen molar-refractivity contribution in [1.82, 2.24) is 5.32 Å². The van der Waals surface area contributed by atoms with Crippen molar-refractivity contribution in [1.29, 1.82) is 0 Å². The zero-order chi connectivity index (χ0) is 15.3. The molecule has 1 nitrogen and oxygen atoms in total. The van der Waals surface area contributed by atoms with Crippen LogP contribution in [0.5, 0.6) is 0 Å². The van der Waals surface area contributed by atoms with Gasteiger partial charge >= 0.3 is 0 Å². The van der Waals surface area contributed by atoms with E-state index in [-0.39, 0.29) is 17.9 Å². The maximum atomic E-state index is 3.69. The van der Waals surface area contributed by atoms with E-state index in [0.29, 0.717) is 12.0 Å². The van der Waals surface area contributed by atoms with Gasteiger partial charge in [0, 0.05) is 17.5 Å². The molecule has 1 atom stereocenters. The Morgan fingerprint density at radius 2 is 1.23 bits per heavy atom. The van der Waals surface area contributed by atoms with Crippen LogP contribution in [0.2, 0.25) is 0 Å². The summed E-state index contributed by atoms with van der Waals surface area (Å²) >= 11 is 0. The summed E-state index contributed by atoms with van der Waals surface area (Å²) in [6.07, 6.45) is 1.10. The van der Waals surface area contributed by atoms with Crippen LogP contribution in [0.3, 0.4) is 0 Å². The summed E-state index contributed by atoms with van der Waals surface area (Å²) in [7, 11) is 0. The Morgan fingerprint density at radius 3 is 1.59 bits per heavy atom. The standard InChI is InChI=1S/C20H27N.ClH/c1-16(21-20(2,3)4)15-19(17-11-7-5-8-12-17)18-13-9-6-10-14-18;/h5-14,16,19,21H,15H2,1-4H3;1H/t16-;/m1./s1. The van der Waals surface area contributed by atoms with Crippen LogP contribution in [0.25, 0.3) is 0 Å². The molecule has 0 saturated heterocycles. The third-order valence-electron chi connectivity index (χ3n) is 3.67. The van der Waals surface area contributed by atoms with Crippen molar-refractivity contribution in [3.8, 4) is 0 Å². The van der Waals surface area contributed by atoms with Crippen LogP contribution in [0.1, 0.15) is 51.2 Å². The second kappa shape index (κ2) is 8.36. The van der Waals surface area contributed by atoms with Gasteiger partial charge in [0.1, 0.15) is 0 Å². The molecule has 0 heterocycles. The van der Waals surface area contributed by atoms with Gasteiger partial charge in [-0.2, -0.15) is 0 Å². The van der Waals surface area contributed by atoms with Crippen LogP contribution >= 0.6 is 12.4 Å². The first-order chi connectivity index (χ1) is 9.96. The highest BCUT2D eigenvalue weighted by molar-refractivity contribution is 5.85. The topological polar surface area (TPSA) is 12.0 Å². The Bertz CT molecular complexity index is 491. The summed E-state index contributed by atoms with van der Waals surface area (Å²) in [6.45, 7) is 8.96. The monoisotopic (exact) mass is 317 g/mol. The predicted molar refractivity (Wildman–Crippen MR) is 98.9 cm³/mol. The van der Waals surface area contributed by atoms with Crippen molar-refractivity contribution in [3.05, 3.63) is 71.8 Å². The molecule has 0 fully saturated rings. The van der Waals surface area contributed by atoms with E-state index in [2.05, 4.69) is 93.7 Å². The molecule has 0 aliphatic carbocycles. The smallest absolute Gasteiger partial charge is 0.0104 e. The number of halogens is 1. The lowest BCUT2D eigenvalue weighted by Crippen LogP contribution is -2.42. The van der Waals surface area contributed by atoms with E-state index in [1.807, 2.05) is 0 Å². The number of nitrogens with one attached hydrogen (secondary N) is 1. The van der Waals surface area contributed by atoms with Crippen LogP contribution < -0.4 is 5.32 Å². The van der Waals surface area contributed by atoms with E-state index in [4.69, 9.17) is 0 Å². The summed E-state index contributed by atoms with van der Waals surface area (Å²) in [5.74, 6) is 0.442. The highest BCUT2D eigenvalue weighted by atomic mass is 35.5. The van der Waals surface area contributed by atoms with Crippen LogP contribution in [0.15, 0.2) is 60.7 Å². The summed E-state index contributed by atoms with van der Waals surface area (Å²) in [5.41, 5.74) is 2.94. The molecule has 2 aromatic rings. The maximum absolute atomic E-state index is 3.69. The fraction of sp³-hybridized carbons (Fsp3) is 0.400. The molecular weight excluding hydrogens is 290 g/mol. The summed E-state index contributed by atoms with van der Waals surface area (Å²) in [4.78, 5) is 0. The largest absolute Gasteiger partial charge is 0.310 e. The lowest BCUT2D eigenvalue weighted by molar-refractivity contribution is 0.353. The molecule has 0 spiro atoms. The molecular formula is C20H28ClN. The highest BCUT2D eigenvalue weighted by Gasteiger charge is 2.20. The van der Waals surface area contributed by atoms with E-state index in [9.17, 15) is 0 Å². The first-order valence-corrected chi connectivity index (χ1v) is 7.83. The molecule has 0 amide bonds. The molecule has 0 aliphatic rings. The van der Waals surface area contributed by atoms with Gasteiger partial charge in [-0.25, -0.2) is 0 Å². The van der Waals surface area contributed by atoms with Gasteiger partial charge in [-0.15, -0.1) is 12.4 Å². The average molecular weight is 318 g/mol. The Hall–Kier alpha value is -1.31. The van der Waals surface area contributed by atoms with Crippen molar-refractivity contribution in [2.75, 3.05) is 0 Å². The van der Waals surface area contributed by atoms with Gasteiger partial charge < -0.3 is 5.32 Å². The van der Waals surface area contributed by atoms with E-state index < -0.39 is 0 Å².